The number of nitrogens with one attached hydrogen (secondary N) is 1. The summed E-state index contributed by atoms with van der Waals surface area (Å²) in [4.78, 5) is 8.20. The van der Waals surface area contributed by atoms with Gasteiger partial charge in [-0.3, -0.25) is 0 Å². The van der Waals surface area contributed by atoms with Gasteiger partial charge in [0.25, 0.3) is 0 Å². The minimum absolute atomic E-state index is 0.0352. The molecule has 0 aromatic carbocycles. The molecule has 1 aliphatic rings. The van der Waals surface area contributed by atoms with Gasteiger partial charge in [-0.2, -0.15) is 4.98 Å². The summed E-state index contributed by atoms with van der Waals surface area (Å²) in [6, 6.07) is 0.253. The monoisotopic (exact) mass is 252 g/mol. The van der Waals surface area contributed by atoms with Crippen LogP contribution in [0.1, 0.15) is 26.7 Å². The SMILES string of the molecule is CC(C)Oc1ncnc(NC2CCCOC2)c1N. The Balaban J connectivity index is 2.07. The van der Waals surface area contributed by atoms with Crippen molar-refractivity contribution in [2.45, 2.75) is 38.8 Å². The topological polar surface area (TPSA) is 82.3 Å². The molecule has 1 atom stereocenters. The molecule has 1 aliphatic heterocycles. The van der Waals surface area contributed by atoms with Crippen LogP contribution >= 0.6 is 0 Å². The summed E-state index contributed by atoms with van der Waals surface area (Å²) in [5.41, 5.74) is 6.45. The summed E-state index contributed by atoms with van der Waals surface area (Å²) >= 11 is 0. The Labute approximate surface area is 107 Å². The van der Waals surface area contributed by atoms with E-state index in [9.17, 15) is 0 Å². The van der Waals surface area contributed by atoms with Crippen LogP contribution in [0.4, 0.5) is 11.5 Å². The average Bonchev–Trinajstić information content (AvgIpc) is 2.35. The van der Waals surface area contributed by atoms with Crippen LogP contribution in [0, 0.1) is 0 Å². The summed E-state index contributed by atoms with van der Waals surface area (Å²) in [5.74, 6) is 1.05. The molecule has 0 spiro atoms. The zero-order chi connectivity index (χ0) is 13.0. The van der Waals surface area contributed by atoms with Crippen molar-refractivity contribution in [1.29, 1.82) is 0 Å². The number of rotatable bonds is 4. The van der Waals surface area contributed by atoms with Crippen molar-refractivity contribution in [2.75, 3.05) is 24.3 Å². The molecule has 0 saturated carbocycles. The Kier molecular flexibility index (Phi) is 4.19. The predicted octanol–water partition coefficient (Wildman–Crippen LogP) is 1.44. The van der Waals surface area contributed by atoms with E-state index < -0.39 is 0 Å². The first-order chi connectivity index (χ1) is 8.66. The van der Waals surface area contributed by atoms with Crippen molar-refractivity contribution < 1.29 is 9.47 Å². The number of anilines is 2. The van der Waals surface area contributed by atoms with Gasteiger partial charge >= 0.3 is 0 Å². The Morgan fingerprint density at radius 1 is 1.50 bits per heavy atom. The zero-order valence-corrected chi connectivity index (χ0v) is 10.8. The minimum atomic E-state index is 0.0352. The Morgan fingerprint density at radius 2 is 2.33 bits per heavy atom. The number of nitrogens with zero attached hydrogens (tertiary/aromatic N) is 2. The lowest BCUT2D eigenvalue weighted by molar-refractivity contribution is 0.0875. The maximum absolute atomic E-state index is 6.00. The van der Waals surface area contributed by atoms with Crippen molar-refractivity contribution in [3.63, 3.8) is 0 Å². The van der Waals surface area contributed by atoms with Crippen LogP contribution in [0.15, 0.2) is 6.33 Å². The molecule has 100 valence electrons. The van der Waals surface area contributed by atoms with Gasteiger partial charge in [-0.1, -0.05) is 0 Å². The Hall–Kier alpha value is -1.56. The molecule has 0 amide bonds. The lowest BCUT2D eigenvalue weighted by atomic mass is 10.1. The Morgan fingerprint density at radius 3 is 3.00 bits per heavy atom. The number of ether oxygens (including phenoxy) is 2. The summed E-state index contributed by atoms with van der Waals surface area (Å²) in [7, 11) is 0. The van der Waals surface area contributed by atoms with Crippen LogP contribution in [-0.2, 0) is 4.74 Å². The van der Waals surface area contributed by atoms with Crippen LogP contribution in [0.3, 0.4) is 0 Å². The lowest BCUT2D eigenvalue weighted by Crippen LogP contribution is -2.30. The van der Waals surface area contributed by atoms with E-state index in [1.807, 2.05) is 13.8 Å². The van der Waals surface area contributed by atoms with Crippen LogP contribution in [0.25, 0.3) is 0 Å². The van der Waals surface area contributed by atoms with Crippen molar-refractivity contribution in [3.05, 3.63) is 6.33 Å². The number of aromatic nitrogens is 2. The van der Waals surface area contributed by atoms with Gasteiger partial charge in [-0.15, -0.1) is 0 Å². The highest BCUT2D eigenvalue weighted by Crippen LogP contribution is 2.26. The molecule has 1 aromatic rings. The van der Waals surface area contributed by atoms with Crippen LogP contribution in [-0.4, -0.2) is 35.3 Å². The lowest BCUT2D eigenvalue weighted by Gasteiger charge is -2.24. The van der Waals surface area contributed by atoms with Crippen molar-refractivity contribution in [1.82, 2.24) is 9.97 Å². The van der Waals surface area contributed by atoms with E-state index in [4.69, 9.17) is 15.2 Å². The third-order valence-electron chi connectivity index (χ3n) is 2.70. The van der Waals surface area contributed by atoms with Gasteiger partial charge in [0.1, 0.15) is 12.0 Å². The fraction of sp³-hybridized carbons (Fsp3) is 0.667. The van der Waals surface area contributed by atoms with Gasteiger partial charge in [0.15, 0.2) is 5.82 Å². The van der Waals surface area contributed by atoms with E-state index in [0.717, 1.165) is 19.4 Å². The van der Waals surface area contributed by atoms with Gasteiger partial charge in [-0.05, 0) is 26.7 Å². The fourth-order valence-electron chi connectivity index (χ4n) is 1.86. The number of nitrogens with two attached hydrogens (primary N) is 1. The average molecular weight is 252 g/mol. The molecule has 2 rings (SSSR count). The summed E-state index contributed by atoms with van der Waals surface area (Å²) in [5, 5.41) is 3.28. The van der Waals surface area contributed by atoms with Gasteiger partial charge in [0.2, 0.25) is 5.88 Å². The second-order valence-corrected chi connectivity index (χ2v) is 4.67. The molecule has 0 bridgehead atoms. The highest BCUT2D eigenvalue weighted by Gasteiger charge is 2.17. The molecule has 6 nitrogen and oxygen atoms in total. The quantitative estimate of drug-likeness (QED) is 0.843. The first kappa shape index (κ1) is 12.9. The smallest absolute Gasteiger partial charge is 0.242 e. The third-order valence-corrected chi connectivity index (χ3v) is 2.70. The summed E-state index contributed by atoms with van der Waals surface area (Å²) in [6.07, 6.45) is 3.61. The second-order valence-electron chi connectivity index (χ2n) is 4.67. The van der Waals surface area contributed by atoms with E-state index in [-0.39, 0.29) is 12.1 Å². The maximum Gasteiger partial charge on any atom is 0.242 e. The van der Waals surface area contributed by atoms with Crippen LogP contribution < -0.4 is 15.8 Å². The van der Waals surface area contributed by atoms with Crippen molar-refractivity contribution in [2.24, 2.45) is 0 Å². The number of hydrogen-bond donors (Lipinski definition) is 2. The molecule has 1 aromatic heterocycles. The molecule has 1 saturated heterocycles. The number of hydrogen-bond acceptors (Lipinski definition) is 6. The van der Waals surface area contributed by atoms with Crippen molar-refractivity contribution >= 4 is 11.5 Å². The normalized spacial score (nSPS) is 19.8. The van der Waals surface area contributed by atoms with Gasteiger partial charge < -0.3 is 20.5 Å². The first-order valence-corrected chi connectivity index (χ1v) is 6.28. The molecule has 0 aliphatic carbocycles. The first-order valence-electron chi connectivity index (χ1n) is 6.28. The van der Waals surface area contributed by atoms with E-state index in [1.54, 1.807) is 0 Å². The molecule has 18 heavy (non-hydrogen) atoms. The molecule has 0 radical (unpaired) electrons. The zero-order valence-electron chi connectivity index (χ0n) is 10.8. The maximum atomic E-state index is 6.00. The Bertz CT molecular complexity index is 392. The third kappa shape index (κ3) is 3.22. The molecule has 1 fully saturated rings. The standard InChI is InChI=1S/C12H20N4O2/c1-8(2)18-12-10(13)11(14-7-15-12)16-9-4-3-5-17-6-9/h7-9H,3-6,13H2,1-2H3,(H,14,15,16). The molecule has 2 heterocycles. The highest BCUT2D eigenvalue weighted by molar-refractivity contribution is 5.66. The minimum Gasteiger partial charge on any atom is -0.473 e. The molecular formula is C12H20N4O2. The van der Waals surface area contributed by atoms with E-state index in [2.05, 4.69) is 15.3 Å². The number of nitrogen functional groups attached to an aromatic ring is 1. The van der Waals surface area contributed by atoms with Gasteiger partial charge in [-0.25, -0.2) is 4.98 Å². The van der Waals surface area contributed by atoms with E-state index in [0.29, 0.717) is 24.0 Å². The van der Waals surface area contributed by atoms with E-state index in [1.165, 1.54) is 6.33 Å². The summed E-state index contributed by atoms with van der Waals surface area (Å²) in [6.45, 7) is 5.39. The largest absolute Gasteiger partial charge is 0.473 e. The molecular weight excluding hydrogens is 232 g/mol. The predicted molar refractivity (Wildman–Crippen MR) is 69.7 cm³/mol. The van der Waals surface area contributed by atoms with Gasteiger partial charge in [0.05, 0.1) is 18.8 Å². The van der Waals surface area contributed by atoms with Crippen molar-refractivity contribution in [3.8, 4) is 5.88 Å². The molecule has 3 N–H and O–H groups in total. The molecule has 1 unspecified atom stereocenters. The summed E-state index contributed by atoms with van der Waals surface area (Å²) < 4.78 is 10.9. The highest BCUT2D eigenvalue weighted by atomic mass is 16.5. The van der Waals surface area contributed by atoms with Crippen LogP contribution in [0.5, 0.6) is 5.88 Å². The molecule has 6 heteroatoms. The second kappa shape index (κ2) is 5.86. The van der Waals surface area contributed by atoms with Gasteiger partial charge in [0, 0.05) is 6.61 Å². The van der Waals surface area contributed by atoms with Crippen LogP contribution in [0.2, 0.25) is 0 Å². The fourth-order valence-corrected chi connectivity index (χ4v) is 1.86. The van der Waals surface area contributed by atoms with E-state index >= 15 is 0 Å².